The van der Waals surface area contributed by atoms with Crippen molar-refractivity contribution in [3.05, 3.63) is 100 Å². The molecule has 0 fully saturated rings. The summed E-state index contributed by atoms with van der Waals surface area (Å²) in [4.78, 5) is 29.0. The van der Waals surface area contributed by atoms with E-state index in [2.05, 4.69) is 15.2 Å². The van der Waals surface area contributed by atoms with Gasteiger partial charge in [-0.3, -0.25) is 4.79 Å². The van der Waals surface area contributed by atoms with Crippen molar-refractivity contribution in [3.8, 4) is 11.3 Å². The van der Waals surface area contributed by atoms with E-state index in [1.165, 1.54) is 10.8 Å². The highest BCUT2D eigenvalue weighted by Crippen LogP contribution is 2.26. The van der Waals surface area contributed by atoms with Gasteiger partial charge in [0.1, 0.15) is 5.52 Å². The molecular weight excluding hydrogens is 418 g/mol. The van der Waals surface area contributed by atoms with Crippen LogP contribution in [0, 0.1) is 6.92 Å². The van der Waals surface area contributed by atoms with E-state index >= 15 is 0 Å². The molecule has 0 aliphatic carbocycles. The predicted octanol–water partition coefficient (Wildman–Crippen LogP) is 3.56. The van der Waals surface area contributed by atoms with Gasteiger partial charge in [-0.25, -0.2) is 19.0 Å². The SMILES string of the molecule is Cc1nn(Cc2ccccc2)c(=O)c2nc(/C=C/C(=O)O)n3nc(-c4ccccc4)cc3c12. The molecule has 8 nitrogen and oxygen atoms in total. The summed E-state index contributed by atoms with van der Waals surface area (Å²) in [6.45, 7) is 2.13. The number of aromatic nitrogens is 5. The van der Waals surface area contributed by atoms with Crippen molar-refractivity contribution in [3.63, 3.8) is 0 Å². The zero-order chi connectivity index (χ0) is 22.9. The van der Waals surface area contributed by atoms with Crippen LogP contribution in [0.15, 0.2) is 77.6 Å². The number of hydrogen-bond donors (Lipinski definition) is 1. The molecule has 33 heavy (non-hydrogen) atoms. The van der Waals surface area contributed by atoms with Gasteiger partial charge in [0.25, 0.3) is 5.56 Å². The summed E-state index contributed by atoms with van der Waals surface area (Å²) in [6, 6.07) is 21.0. The molecule has 2 aromatic carbocycles. The smallest absolute Gasteiger partial charge is 0.328 e. The number of aliphatic carboxylic acids is 1. The zero-order valence-corrected chi connectivity index (χ0v) is 17.7. The lowest BCUT2D eigenvalue weighted by molar-refractivity contribution is -0.131. The topological polar surface area (TPSA) is 102 Å². The standard InChI is InChI=1S/C25H19N5O3/c1-16-23-20-14-19(18-10-6-3-7-11-18)28-30(20)21(12-13-22(31)32)26-24(23)25(33)29(27-16)15-17-8-4-2-5-9-17/h2-14H,15H2,1H3,(H,31,32)/b13-12+. The lowest BCUT2D eigenvalue weighted by atomic mass is 10.1. The minimum Gasteiger partial charge on any atom is -0.478 e. The third kappa shape index (κ3) is 3.78. The normalized spacial score (nSPS) is 11.5. The Morgan fingerprint density at radius 2 is 1.73 bits per heavy atom. The van der Waals surface area contributed by atoms with Gasteiger partial charge in [-0.05, 0) is 24.6 Å². The van der Waals surface area contributed by atoms with Gasteiger partial charge >= 0.3 is 5.97 Å². The molecule has 0 aliphatic heterocycles. The van der Waals surface area contributed by atoms with Crippen LogP contribution in [-0.2, 0) is 11.3 Å². The molecular formula is C25H19N5O3. The fraction of sp³-hybridized carbons (Fsp3) is 0.0800. The maximum Gasteiger partial charge on any atom is 0.328 e. The Balaban J connectivity index is 1.79. The number of aryl methyl sites for hydroxylation is 1. The van der Waals surface area contributed by atoms with Gasteiger partial charge in [0.2, 0.25) is 0 Å². The molecule has 0 aliphatic rings. The quantitative estimate of drug-likeness (QED) is 0.422. The van der Waals surface area contributed by atoms with Crippen LogP contribution in [0.5, 0.6) is 0 Å². The molecule has 8 heteroatoms. The molecule has 0 bridgehead atoms. The first-order valence-corrected chi connectivity index (χ1v) is 10.3. The first kappa shape index (κ1) is 20.3. The second-order valence-electron chi connectivity index (χ2n) is 7.59. The summed E-state index contributed by atoms with van der Waals surface area (Å²) in [5.41, 5.74) is 3.65. The van der Waals surface area contributed by atoms with Gasteiger partial charge in [-0.15, -0.1) is 0 Å². The van der Waals surface area contributed by atoms with Crippen LogP contribution in [-0.4, -0.2) is 35.5 Å². The van der Waals surface area contributed by atoms with E-state index in [9.17, 15) is 9.59 Å². The summed E-state index contributed by atoms with van der Waals surface area (Å²) in [5, 5.41) is 18.9. The minimum atomic E-state index is -1.12. The molecule has 5 aromatic rings. The van der Waals surface area contributed by atoms with Gasteiger partial charge in [0.15, 0.2) is 5.82 Å². The molecule has 0 radical (unpaired) electrons. The number of fused-ring (bicyclic) bond motifs is 3. The van der Waals surface area contributed by atoms with Crippen molar-refractivity contribution in [1.82, 2.24) is 24.4 Å². The largest absolute Gasteiger partial charge is 0.478 e. The van der Waals surface area contributed by atoms with Crippen molar-refractivity contribution in [1.29, 1.82) is 0 Å². The maximum absolute atomic E-state index is 13.4. The van der Waals surface area contributed by atoms with E-state index in [4.69, 9.17) is 5.11 Å². The minimum absolute atomic E-state index is 0.218. The third-order valence-corrected chi connectivity index (χ3v) is 5.33. The summed E-state index contributed by atoms with van der Waals surface area (Å²) < 4.78 is 2.94. The second-order valence-corrected chi connectivity index (χ2v) is 7.59. The summed E-state index contributed by atoms with van der Waals surface area (Å²) in [5.74, 6) is -0.871. The van der Waals surface area contributed by atoms with Crippen LogP contribution in [0.4, 0.5) is 0 Å². The van der Waals surface area contributed by atoms with Crippen LogP contribution < -0.4 is 5.56 Å². The number of nitrogens with zero attached hydrogens (tertiary/aromatic N) is 5. The van der Waals surface area contributed by atoms with Crippen molar-refractivity contribution < 1.29 is 9.90 Å². The molecule has 0 spiro atoms. The molecule has 0 saturated carbocycles. The monoisotopic (exact) mass is 437 g/mol. The van der Waals surface area contributed by atoms with E-state index in [0.717, 1.165) is 17.2 Å². The zero-order valence-electron chi connectivity index (χ0n) is 17.7. The second kappa shape index (κ2) is 8.16. The van der Waals surface area contributed by atoms with Gasteiger partial charge in [0.05, 0.1) is 28.8 Å². The van der Waals surface area contributed by atoms with Crippen molar-refractivity contribution in [2.24, 2.45) is 0 Å². The summed E-state index contributed by atoms with van der Waals surface area (Å²) in [7, 11) is 0. The Kier molecular flexibility index (Phi) is 5.02. The van der Waals surface area contributed by atoms with Crippen molar-refractivity contribution in [2.75, 3.05) is 0 Å². The van der Waals surface area contributed by atoms with Gasteiger partial charge < -0.3 is 5.11 Å². The highest BCUT2D eigenvalue weighted by atomic mass is 16.4. The third-order valence-electron chi connectivity index (χ3n) is 5.33. The molecule has 3 heterocycles. The number of benzene rings is 2. The lowest BCUT2D eigenvalue weighted by Crippen LogP contribution is -2.26. The average molecular weight is 437 g/mol. The molecule has 0 saturated heterocycles. The highest BCUT2D eigenvalue weighted by Gasteiger charge is 2.18. The Hall–Kier alpha value is -4.59. The number of carbonyl (C=O) groups is 1. The summed E-state index contributed by atoms with van der Waals surface area (Å²) >= 11 is 0. The first-order valence-electron chi connectivity index (χ1n) is 10.3. The van der Waals surface area contributed by atoms with Gasteiger partial charge in [0, 0.05) is 11.6 Å². The molecule has 3 aromatic heterocycles. The van der Waals surface area contributed by atoms with Crippen LogP contribution in [0.3, 0.4) is 0 Å². The van der Waals surface area contributed by atoms with Crippen LogP contribution in [0.2, 0.25) is 0 Å². The Bertz CT molecular complexity index is 1590. The predicted molar refractivity (Wildman–Crippen MR) is 125 cm³/mol. The van der Waals surface area contributed by atoms with Gasteiger partial charge in [-0.1, -0.05) is 60.7 Å². The Morgan fingerprint density at radius 1 is 1.03 bits per heavy atom. The van der Waals surface area contributed by atoms with Crippen LogP contribution in [0.25, 0.3) is 33.8 Å². The number of hydrogen-bond acceptors (Lipinski definition) is 5. The molecule has 162 valence electrons. The first-order chi connectivity index (χ1) is 16.0. The van der Waals surface area contributed by atoms with E-state index in [1.807, 2.05) is 73.7 Å². The molecule has 1 N–H and O–H groups in total. The Labute approximate surface area is 188 Å². The molecule has 5 rings (SSSR count). The molecule has 0 unspecified atom stereocenters. The highest BCUT2D eigenvalue weighted by molar-refractivity contribution is 5.97. The maximum atomic E-state index is 13.4. The molecule has 0 amide bonds. The van der Waals surface area contributed by atoms with Gasteiger partial charge in [-0.2, -0.15) is 10.2 Å². The van der Waals surface area contributed by atoms with E-state index in [-0.39, 0.29) is 16.9 Å². The lowest BCUT2D eigenvalue weighted by Gasteiger charge is -2.10. The fourth-order valence-electron chi connectivity index (χ4n) is 3.85. The number of carboxylic acid groups (broad SMARTS) is 1. The van der Waals surface area contributed by atoms with E-state index in [1.54, 1.807) is 4.52 Å². The van der Waals surface area contributed by atoms with Crippen LogP contribution >= 0.6 is 0 Å². The summed E-state index contributed by atoms with van der Waals surface area (Å²) in [6.07, 6.45) is 2.32. The number of rotatable bonds is 5. The van der Waals surface area contributed by atoms with Crippen molar-refractivity contribution >= 4 is 28.5 Å². The fourth-order valence-corrected chi connectivity index (χ4v) is 3.85. The molecule has 0 atom stereocenters. The number of carboxylic acids is 1. The van der Waals surface area contributed by atoms with E-state index < -0.39 is 5.97 Å². The van der Waals surface area contributed by atoms with E-state index in [0.29, 0.717) is 28.8 Å². The Morgan fingerprint density at radius 3 is 2.42 bits per heavy atom. The average Bonchev–Trinajstić information content (AvgIpc) is 3.27. The van der Waals surface area contributed by atoms with Crippen molar-refractivity contribution in [2.45, 2.75) is 13.5 Å². The van der Waals surface area contributed by atoms with Crippen LogP contribution in [0.1, 0.15) is 17.1 Å².